The van der Waals surface area contributed by atoms with Crippen LogP contribution >= 0.6 is 11.6 Å². The summed E-state index contributed by atoms with van der Waals surface area (Å²) in [5.41, 5.74) is 2.94. The van der Waals surface area contributed by atoms with Crippen LogP contribution in [0.25, 0.3) is 0 Å². The van der Waals surface area contributed by atoms with E-state index in [1.165, 1.54) is 11.6 Å². The molecule has 0 saturated carbocycles. The number of hydrogen-bond donors (Lipinski definition) is 1. The maximum absolute atomic E-state index is 13.8. The molecule has 0 heterocycles. The Kier molecular flexibility index (Phi) is 5.38. The van der Waals surface area contributed by atoms with Gasteiger partial charge in [0.25, 0.3) is 0 Å². The van der Waals surface area contributed by atoms with Crippen LogP contribution in [0.4, 0.5) is 4.39 Å². The zero-order valence-electron chi connectivity index (χ0n) is 12.7. The third kappa shape index (κ3) is 4.29. The maximum atomic E-state index is 13.8. The van der Waals surface area contributed by atoms with Crippen molar-refractivity contribution >= 4 is 11.6 Å². The molecule has 1 N–H and O–H groups in total. The average molecular weight is 306 g/mol. The van der Waals surface area contributed by atoms with Crippen molar-refractivity contribution in [3.8, 4) is 0 Å². The van der Waals surface area contributed by atoms with Crippen LogP contribution in [0.15, 0.2) is 42.5 Å². The first kappa shape index (κ1) is 16.0. The van der Waals surface area contributed by atoms with Crippen molar-refractivity contribution in [2.75, 3.05) is 0 Å². The van der Waals surface area contributed by atoms with Crippen LogP contribution in [0.3, 0.4) is 0 Å². The normalized spacial score (nSPS) is 12.7. The van der Waals surface area contributed by atoms with Gasteiger partial charge in [0.2, 0.25) is 0 Å². The van der Waals surface area contributed by atoms with E-state index in [9.17, 15) is 4.39 Å². The third-order valence-corrected chi connectivity index (χ3v) is 3.86. The van der Waals surface area contributed by atoms with E-state index in [0.29, 0.717) is 18.0 Å². The minimum atomic E-state index is -0.160. The highest BCUT2D eigenvalue weighted by atomic mass is 35.5. The monoisotopic (exact) mass is 305 g/mol. The zero-order valence-corrected chi connectivity index (χ0v) is 13.4. The molecule has 2 aromatic rings. The molecule has 2 rings (SSSR count). The lowest BCUT2D eigenvalue weighted by Gasteiger charge is -2.23. The second-order valence-electron chi connectivity index (χ2n) is 5.75. The highest BCUT2D eigenvalue weighted by Crippen LogP contribution is 2.24. The lowest BCUT2D eigenvalue weighted by atomic mass is 9.95. The van der Waals surface area contributed by atoms with Gasteiger partial charge < -0.3 is 5.32 Å². The molecule has 1 unspecified atom stereocenters. The Labute approximate surface area is 131 Å². The van der Waals surface area contributed by atoms with Crippen molar-refractivity contribution in [3.05, 3.63) is 70.0 Å². The molecule has 1 atom stereocenters. The molecule has 1 nitrogen and oxygen atoms in total. The minimum absolute atomic E-state index is 0.160. The fourth-order valence-corrected chi connectivity index (χ4v) is 2.59. The van der Waals surface area contributed by atoms with Crippen molar-refractivity contribution < 1.29 is 4.39 Å². The van der Waals surface area contributed by atoms with Gasteiger partial charge in [-0.1, -0.05) is 55.3 Å². The standard InChI is InChI=1S/C18H21ClFN/c1-12(2)18(14-5-7-16(19)8-6-14)21-11-15-10-13(3)4-9-17(15)20/h4-10,12,18,21H,11H2,1-3H3. The SMILES string of the molecule is Cc1ccc(F)c(CNC(c2ccc(Cl)cc2)C(C)C)c1. The van der Waals surface area contributed by atoms with Crippen LogP contribution in [-0.4, -0.2) is 0 Å². The number of benzene rings is 2. The molecule has 0 aliphatic heterocycles. The van der Waals surface area contributed by atoms with E-state index in [-0.39, 0.29) is 11.9 Å². The van der Waals surface area contributed by atoms with E-state index < -0.39 is 0 Å². The van der Waals surface area contributed by atoms with Crippen molar-refractivity contribution in [1.82, 2.24) is 5.32 Å². The molecule has 2 aromatic carbocycles. The number of aryl methyl sites for hydroxylation is 1. The molecule has 21 heavy (non-hydrogen) atoms. The predicted molar refractivity (Wildman–Crippen MR) is 87.0 cm³/mol. The van der Waals surface area contributed by atoms with E-state index in [4.69, 9.17) is 11.6 Å². The van der Waals surface area contributed by atoms with Gasteiger partial charge in [0, 0.05) is 23.2 Å². The molecule has 0 bridgehead atoms. The van der Waals surface area contributed by atoms with Gasteiger partial charge in [-0.05, 0) is 36.6 Å². The first-order valence-electron chi connectivity index (χ1n) is 7.21. The van der Waals surface area contributed by atoms with Crippen LogP contribution < -0.4 is 5.32 Å². The van der Waals surface area contributed by atoms with E-state index in [1.807, 2.05) is 37.3 Å². The first-order valence-corrected chi connectivity index (χ1v) is 7.59. The Morgan fingerprint density at radius 1 is 1.10 bits per heavy atom. The Balaban J connectivity index is 2.13. The first-order chi connectivity index (χ1) is 9.97. The summed E-state index contributed by atoms with van der Waals surface area (Å²) in [7, 11) is 0. The number of hydrogen-bond acceptors (Lipinski definition) is 1. The van der Waals surface area contributed by atoms with E-state index >= 15 is 0 Å². The van der Waals surface area contributed by atoms with Gasteiger partial charge in [0.15, 0.2) is 0 Å². The average Bonchev–Trinajstić information content (AvgIpc) is 2.44. The Morgan fingerprint density at radius 3 is 2.38 bits per heavy atom. The highest BCUT2D eigenvalue weighted by molar-refractivity contribution is 6.30. The van der Waals surface area contributed by atoms with Crippen molar-refractivity contribution in [2.24, 2.45) is 5.92 Å². The molecular weight excluding hydrogens is 285 g/mol. The summed E-state index contributed by atoms with van der Waals surface area (Å²) in [5.74, 6) is 0.241. The lowest BCUT2D eigenvalue weighted by Crippen LogP contribution is -2.25. The van der Waals surface area contributed by atoms with Crippen LogP contribution in [0.5, 0.6) is 0 Å². The van der Waals surface area contributed by atoms with Gasteiger partial charge in [0.1, 0.15) is 5.82 Å². The van der Waals surface area contributed by atoms with Crippen LogP contribution in [-0.2, 0) is 6.54 Å². The second-order valence-corrected chi connectivity index (χ2v) is 6.19. The smallest absolute Gasteiger partial charge is 0.127 e. The summed E-state index contributed by atoms with van der Waals surface area (Å²) in [6, 6.07) is 13.2. The lowest BCUT2D eigenvalue weighted by molar-refractivity contribution is 0.406. The van der Waals surface area contributed by atoms with Crippen LogP contribution in [0.2, 0.25) is 5.02 Å². The molecule has 112 valence electrons. The fraction of sp³-hybridized carbons (Fsp3) is 0.333. The third-order valence-electron chi connectivity index (χ3n) is 3.61. The molecule has 0 aromatic heterocycles. The molecular formula is C18H21ClFN. The fourth-order valence-electron chi connectivity index (χ4n) is 2.47. The van der Waals surface area contributed by atoms with Gasteiger partial charge >= 0.3 is 0 Å². The molecule has 0 aliphatic carbocycles. The van der Waals surface area contributed by atoms with E-state index in [0.717, 1.165) is 10.6 Å². The largest absolute Gasteiger partial charge is 0.306 e. The zero-order chi connectivity index (χ0) is 15.4. The maximum Gasteiger partial charge on any atom is 0.127 e. The Hall–Kier alpha value is -1.38. The molecule has 0 fully saturated rings. The van der Waals surface area contributed by atoms with Gasteiger partial charge in [-0.3, -0.25) is 0 Å². The van der Waals surface area contributed by atoms with Crippen LogP contribution in [0, 0.1) is 18.7 Å². The number of nitrogens with one attached hydrogen (secondary N) is 1. The molecule has 0 spiro atoms. The van der Waals surface area contributed by atoms with Gasteiger partial charge in [0.05, 0.1) is 0 Å². The molecule has 3 heteroatoms. The Morgan fingerprint density at radius 2 is 1.76 bits per heavy atom. The quantitative estimate of drug-likeness (QED) is 0.793. The van der Waals surface area contributed by atoms with Gasteiger partial charge in [-0.15, -0.1) is 0 Å². The number of halogens is 2. The van der Waals surface area contributed by atoms with E-state index in [2.05, 4.69) is 19.2 Å². The summed E-state index contributed by atoms with van der Waals surface area (Å²) in [6.45, 7) is 6.79. The van der Waals surface area contributed by atoms with Crippen molar-refractivity contribution in [2.45, 2.75) is 33.4 Å². The highest BCUT2D eigenvalue weighted by Gasteiger charge is 2.16. The summed E-state index contributed by atoms with van der Waals surface area (Å²) in [5, 5.41) is 4.18. The molecule has 0 amide bonds. The van der Waals surface area contributed by atoms with Crippen molar-refractivity contribution in [1.29, 1.82) is 0 Å². The summed E-state index contributed by atoms with van der Waals surface area (Å²) >= 11 is 5.94. The van der Waals surface area contributed by atoms with Crippen LogP contribution in [0.1, 0.15) is 36.6 Å². The van der Waals surface area contributed by atoms with Gasteiger partial charge in [-0.2, -0.15) is 0 Å². The summed E-state index contributed by atoms with van der Waals surface area (Å²) in [4.78, 5) is 0. The van der Waals surface area contributed by atoms with Crippen molar-refractivity contribution in [3.63, 3.8) is 0 Å². The number of rotatable bonds is 5. The summed E-state index contributed by atoms with van der Waals surface area (Å²) < 4.78 is 13.8. The molecule has 0 aliphatic rings. The topological polar surface area (TPSA) is 12.0 Å². The second kappa shape index (κ2) is 7.06. The Bertz CT molecular complexity index is 593. The minimum Gasteiger partial charge on any atom is -0.306 e. The van der Waals surface area contributed by atoms with Gasteiger partial charge in [-0.25, -0.2) is 4.39 Å². The summed E-state index contributed by atoms with van der Waals surface area (Å²) in [6.07, 6.45) is 0. The van der Waals surface area contributed by atoms with E-state index in [1.54, 1.807) is 6.07 Å². The molecule has 0 saturated heterocycles. The molecule has 0 radical (unpaired) electrons. The predicted octanol–water partition coefficient (Wildman–Crippen LogP) is 5.27.